The van der Waals surface area contributed by atoms with Crippen molar-refractivity contribution in [3.8, 4) is 11.1 Å². The first-order valence-corrected chi connectivity index (χ1v) is 29.5. The fraction of sp³-hybridized carbons (Fsp3) is 0.260. The van der Waals surface area contributed by atoms with Crippen LogP contribution >= 0.6 is 0 Å². The molecule has 0 N–H and O–H groups in total. The molecule has 4 atom stereocenters. The van der Waals surface area contributed by atoms with Gasteiger partial charge in [0, 0.05) is 72.8 Å². The van der Waals surface area contributed by atoms with Crippen LogP contribution in [0, 0.1) is 6.92 Å². The van der Waals surface area contributed by atoms with Crippen molar-refractivity contribution in [2.75, 3.05) is 19.6 Å². The van der Waals surface area contributed by atoms with E-state index in [1.54, 1.807) is 0 Å². The SMILES string of the molecule is Cc1cc2c3c(c1)N(c1cccc4c1oc1ccccc14)c1cc(N4c5ccccc5C5(C)CCCCC45C)ccc1B3c1ccc(N3c4ccccc4C4(C)CCCCC34C)cc1N2c1cccc2c1CCc1ccccc1-2. The van der Waals surface area contributed by atoms with E-state index in [9.17, 15) is 0 Å². The molecule has 386 valence electrons. The van der Waals surface area contributed by atoms with Gasteiger partial charge in [0.05, 0.1) is 16.8 Å². The first kappa shape index (κ1) is 46.0. The summed E-state index contributed by atoms with van der Waals surface area (Å²) in [6.45, 7) is 12.5. The van der Waals surface area contributed by atoms with E-state index < -0.39 is 0 Å². The van der Waals surface area contributed by atoms with Crippen LogP contribution in [0.3, 0.4) is 0 Å². The summed E-state index contributed by atoms with van der Waals surface area (Å²) in [4.78, 5) is 10.9. The first-order chi connectivity index (χ1) is 38.6. The summed E-state index contributed by atoms with van der Waals surface area (Å²) in [6.07, 6.45) is 11.7. The van der Waals surface area contributed by atoms with Crippen molar-refractivity contribution in [3.63, 3.8) is 0 Å². The lowest BCUT2D eigenvalue weighted by Gasteiger charge is -2.51. The van der Waals surface area contributed by atoms with Crippen LogP contribution in [0.4, 0.5) is 56.9 Å². The number of nitrogens with zero attached hydrogens (tertiary/aromatic N) is 4. The van der Waals surface area contributed by atoms with E-state index in [0.717, 1.165) is 53.3 Å². The highest BCUT2D eigenvalue weighted by Gasteiger charge is 2.59. The van der Waals surface area contributed by atoms with E-state index in [1.165, 1.54) is 145 Å². The Kier molecular flexibility index (Phi) is 9.37. The summed E-state index contributed by atoms with van der Waals surface area (Å²) < 4.78 is 7.08. The van der Waals surface area contributed by atoms with Crippen molar-refractivity contribution >= 4 is 102 Å². The molecule has 4 unspecified atom stereocenters. The number of furan rings is 1. The Morgan fingerprint density at radius 1 is 0.430 bits per heavy atom. The fourth-order valence-corrected chi connectivity index (χ4v) is 17.6. The average Bonchev–Trinajstić information content (AvgIpc) is 4.29. The Labute approximate surface area is 465 Å². The largest absolute Gasteiger partial charge is 0.454 e. The summed E-state index contributed by atoms with van der Waals surface area (Å²) in [5.74, 6) is 0. The molecule has 0 radical (unpaired) electrons. The fourth-order valence-electron chi connectivity index (χ4n) is 17.6. The number of hydrogen-bond donors (Lipinski definition) is 0. The van der Waals surface area contributed by atoms with Crippen LogP contribution in [0.15, 0.2) is 186 Å². The van der Waals surface area contributed by atoms with Crippen LogP contribution in [0.1, 0.15) is 107 Å². The van der Waals surface area contributed by atoms with Gasteiger partial charge in [0.1, 0.15) is 5.58 Å². The molecule has 1 aromatic heterocycles. The first-order valence-electron chi connectivity index (χ1n) is 29.5. The molecule has 2 saturated carbocycles. The molecule has 17 rings (SSSR count). The zero-order valence-corrected chi connectivity index (χ0v) is 46.2. The van der Waals surface area contributed by atoms with Crippen molar-refractivity contribution in [2.45, 2.75) is 121 Å². The van der Waals surface area contributed by atoms with Gasteiger partial charge in [-0.05, 0) is 181 Å². The standard InChI is InChI=1S/C73H65BN4O/c1-46-42-65-68-66(43-46)76(62-30-19-24-54-53-22-8-13-31-67(53)79-69(54)62)64-45-49(78-61-28-12-10-26-56(61)71(3)39-15-17-41-73(71,78)5)34-37-58(64)74(68)57-36-33-48(77-60-27-11-9-25-55(60)70(2)38-14-16-40-72(70,77)4)44-63(57)75(65)59-29-18-23-51-50-21-7-6-20-47(50)32-35-52(51)59/h6-13,18-31,33-34,36-37,42-45H,14-17,32,35,38-41H2,1-5H3. The second-order valence-corrected chi connectivity index (χ2v) is 25.4. The average molecular weight is 1030 g/mol. The van der Waals surface area contributed by atoms with E-state index in [1.807, 2.05) is 0 Å². The number of para-hydroxylation sites is 4. The van der Waals surface area contributed by atoms with Crippen molar-refractivity contribution in [3.05, 3.63) is 210 Å². The third-order valence-electron chi connectivity index (χ3n) is 21.7. The number of fused-ring (bicyclic) bond motifs is 16. The van der Waals surface area contributed by atoms with Gasteiger partial charge in [-0.3, -0.25) is 0 Å². The molecule has 0 amide bonds. The summed E-state index contributed by atoms with van der Waals surface area (Å²) in [6, 6.07) is 70.5. The molecule has 6 heteroatoms. The van der Waals surface area contributed by atoms with Crippen LogP contribution in [-0.4, -0.2) is 17.8 Å². The smallest absolute Gasteiger partial charge is 0.252 e. The molecule has 4 aliphatic heterocycles. The van der Waals surface area contributed by atoms with Crippen LogP contribution in [0.25, 0.3) is 33.1 Å². The summed E-state index contributed by atoms with van der Waals surface area (Å²) in [5.41, 5.74) is 28.0. The summed E-state index contributed by atoms with van der Waals surface area (Å²) in [5, 5.41) is 2.28. The van der Waals surface area contributed by atoms with Crippen LogP contribution in [0.5, 0.6) is 0 Å². The Morgan fingerprint density at radius 2 is 0.949 bits per heavy atom. The molecule has 2 fully saturated rings. The van der Waals surface area contributed by atoms with Gasteiger partial charge in [0.25, 0.3) is 6.71 Å². The summed E-state index contributed by atoms with van der Waals surface area (Å²) >= 11 is 0. The summed E-state index contributed by atoms with van der Waals surface area (Å²) in [7, 11) is 0. The minimum atomic E-state index is -0.0913. The zero-order valence-electron chi connectivity index (χ0n) is 46.2. The van der Waals surface area contributed by atoms with Crippen LogP contribution in [0.2, 0.25) is 0 Å². The maximum absolute atomic E-state index is 7.08. The number of rotatable bonds is 4. The van der Waals surface area contributed by atoms with Crippen LogP contribution < -0.4 is 36.0 Å². The van der Waals surface area contributed by atoms with E-state index >= 15 is 0 Å². The van der Waals surface area contributed by atoms with E-state index in [-0.39, 0.29) is 28.6 Å². The molecule has 79 heavy (non-hydrogen) atoms. The predicted molar refractivity (Wildman–Crippen MR) is 331 cm³/mol. The molecule has 9 aromatic carbocycles. The van der Waals surface area contributed by atoms with Crippen molar-refractivity contribution in [2.24, 2.45) is 0 Å². The Bertz CT molecular complexity index is 4270. The number of benzene rings is 9. The molecule has 5 nitrogen and oxygen atoms in total. The van der Waals surface area contributed by atoms with Crippen molar-refractivity contribution in [1.29, 1.82) is 0 Å². The van der Waals surface area contributed by atoms with Gasteiger partial charge in [0.15, 0.2) is 5.58 Å². The quantitative estimate of drug-likeness (QED) is 0.164. The van der Waals surface area contributed by atoms with Gasteiger partial charge >= 0.3 is 0 Å². The number of hydrogen-bond acceptors (Lipinski definition) is 5. The highest BCUT2D eigenvalue weighted by molar-refractivity contribution is 7.00. The molecule has 0 bridgehead atoms. The minimum Gasteiger partial charge on any atom is -0.454 e. The second kappa shape index (κ2) is 16.1. The van der Waals surface area contributed by atoms with E-state index in [2.05, 4.69) is 236 Å². The highest BCUT2D eigenvalue weighted by Crippen LogP contribution is 2.63. The van der Waals surface area contributed by atoms with Crippen molar-refractivity contribution < 1.29 is 4.42 Å². The molecule has 10 aromatic rings. The minimum absolute atomic E-state index is 0.0279. The highest BCUT2D eigenvalue weighted by atomic mass is 16.3. The van der Waals surface area contributed by atoms with E-state index in [4.69, 9.17) is 4.42 Å². The molecule has 0 spiro atoms. The molecule has 7 aliphatic rings. The normalized spacial score (nSPS) is 23.8. The molecule has 5 heterocycles. The third-order valence-corrected chi connectivity index (χ3v) is 21.7. The third kappa shape index (κ3) is 5.87. The number of anilines is 10. The zero-order chi connectivity index (χ0) is 52.7. The molecule has 0 saturated heterocycles. The molecule has 3 aliphatic carbocycles. The maximum Gasteiger partial charge on any atom is 0.252 e. The molecular weight excluding hydrogens is 960 g/mol. The Balaban J connectivity index is 0.954. The van der Waals surface area contributed by atoms with Gasteiger partial charge in [-0.1, -0.05) is 155 Å². The van der Waals surface area contributed by atoms with E-state index in [0.29, 0.717) is 0 Å². The van der Waals surface area contributed by atoms with Gasteiger partial charge in [-0.25, -0.2) is 0 Å². The van der Waals surface area contributed by atoms with Gasteiger partial charge < -0.3 is 24.0 Å². The lowest BCUT2D eigenvalue weighted by Crippen LogP contribution is -2.61. The van der Waals surface area contributed by atoms with Gasteiger partial charge in [0.2, 0.25) is 0 Å². The second-order valence-electron chi connectivity index (χ2n) is 25.4. The topological polar surface area (TPSA) is 26.1 Å². The maximum atomic E-state index is 7.08. The predicted octanol–water partition coefficient (Wildman–Crippen LogP) is 17.2. The molecular formula is C73H65BN4O. The van der Waals surface area contributed by atoms with Gasteiger partial charge in [-0.2, -0.15) is 0 Å². The van der Waals surface area contributed by atoms with Gasteiger partial charge in [-0.15, -0.1) is 0 Å². The Hall–Kier alpha value is -7.96. The monoisotopic (exact) mass is 1020 g/mol. The Morgan fingerprint density at radius 3 is 1.62 bits per heavy atom. The lowest BCUT2D eigenvalue weighted by atomic mass is 9.33. The number of aryl methyl sites for hydroxylation is 2. The van der Waals surface area contributed by atoms with Crippen molar-refractivity contribution in [1.82, 2.24) is 0 Å². The lowest BCUT2D eigenvalue weighted by molar-refractivity contribution is 0.195. The van der Waals surface area contributed by atoms with Crippen LogP contribution in [-0.2, 0) is 23.7 Å².